The Labute approximate surface area is 194 Å². The molecule has 1 fully saturated rings. The molecule has 0 spiro atoms. The van der Waals surface area contributed by atoms with Gasteiger partial charge in [-0.05, 0) is 44.5 Å². The monoisotopic (exact) mass is 477 g/mol. The van der Waals surface area contributed by atoms with Gasteiger partial charge in [-0.3, -0.25) is 9.13 Å². The molecule has 1 aliphatic heterocycles. The number of carbonyl (C=O) groups is 1. The molecule has 1 saturated heterocycles. The van der Waals surface area contributed by atoms with Crippen molar-refractivity contribution in [2.24, 2.45) is 0 Å². The highest BCUT2D eigenvalue weighted by atomic mass is 19.4. The van der Waals surface area contributed by atoms with Gasteiger partial charge in [-0.2, -0.15) is 13.2 Å². The smallest absolute Gasteiger partial charge is 0.416 e. The van der Waals surface area contributed by atoms with Crippen LogP contribution in [-0.4, -0.2) is 45.9 Å². The minimum absolute atomic E-state index is 0.0222. The molecule has 2 aromatic carbocycles. The molecule has 182 valence electrons. The third-order valence-electron chi connectivity index (χ3n) is 5.69. The maximum atomic E-state index is 13.6. The number of alkyl halides is 3. The molecule has 3 aromatic rings. The molecular weight excluding hydrogens is 451 g/mol. The van der Waals surface area contributed by atoms with E-state index in [1.54, 1.807) is 39.0 Å². The molecule has 34 heavy (non-hydrogen) atoms. The second-order valence-corrected chi connectivity index (χ2v) is 9.26. The molecule has 0 unspecified atom stereocenters. The van der Waals surface area contributed by atoms with Crippen molar-refractivity contribution in [3.8, 4) is 5.75 Å². The highest BCUT2D eigenvalue weighted by molar-refractivity contribution is 5.83. The lowest BCUT2D eigenvalue weighted by atomic mass is 10.1. The van der Waals surface area contributed by atoms with Crippen molar-refractivity contribution in [2.45, 2.75) is 45.1 Å². The van der Waals surface area contributed by atoms with Crippen molar-refractivity contribution in [2.75, 3.05) is 20.2 Å². The van der Waals surface area contributed by atoms with Crippen LogP contribution in [-0.2, 0) is 17.5 Å². The average Bonchev–Trinajstić information content (AvgIpc) is 2.97. The molecule has 0 N–H and O–H groups in total. The Morgan fingerprint density at radius 1 is 1.06 bits per heavy atom. The van der Waals surface area contributed by atoms with Crippen molar-refractivity contribution in [3.63, 3.8) is 0 Å². The van der Waals surface area contributed by atoms with Gasteiger partial charge in [0.05, 0.1) is 30.8 Å². The number of halogens is 3. The number of nitrogens with zero attached hydrogens (tertiary/aromatic N) is 3. The molecule has 1 amide bonds. The van der Waals surface area contributed by atoms with Crippen molar-refractivity contribution in [3.05, 3.63) is 64.1 Å². The Kier molecular flexibility index (Phi) is 5.87. The maximum Gasteiger partial charge on any atom is 0.416 e. The molecule has 10 heteroatoms. The van der Waals surface area contributed by atoms with E-state index in [1.807, 2.05) is 0 Å². The highest BCUT2D eigenvalue weighted by Gasteiger charge is 2.38. The molecule has 0 saturated carbocycles. The topological polar surface area (TPSA) is 65.7 Å². The average molecular weight is 477 g/mol. The van der Waals surface area contributed by atoms with Crippen molar-refractivity contribution in [1.82, 2.24) is 14.0 Å². The number of rotatable bonds is 4. The van der Waals surface area contributed by atoms with Crippen LogP contribution in [0.15, 0.2) is 47.3 Å². The van der Waals surface area contributed by atoms with Crippen LogP contribution in [0.25, 0.3) is 11.0 Å². The summed E-state index contributed by atoms with van der Waals surface area (Å²) in [6, 6.07) is 9.95. The Morgan fingerprint density at radius 3 is 2.35 bits per heavy atom. The lowest BCUT2D eigenvalue weighted by molar-refractivity contribution is -0.138. The van der Waals surface area contributed by atoms with Crippen molar-refractivity contribution >= 4 is 17.1 Å². The van der Waals surface area contributed by atoms with E-state index in [-0.39, 0.29) is 31.2 Å². The highest BCUT2D eigenvalue weighted by Crippen LogP contribution is 2.34. The molecule has 0 aliphatic carbocycles. The van der Waals surface area contributed by atoms with E-state index in [2.05, 4.69) is 0 Å². The van der Waals surface area contributed by atoms with E-state index in [0.717, 1.165) is 6.07 Å². The summed E-state index contributed by atoms with van der Waals surface area (Å²) in [6.45, 7) is 5.54. The number of hydrogen-bond donors (Lipinski definition) is 0. The molecule has 1 aliphatic rings. The van der Waals surface area contributed by atoms with Crippen molar-refractivity contribution < 1.29 is 27.4 Å². The van der Waals surface area contributed by atoms with Crippen LogP contribution < -0.4 is 10.4 Å². The third-order valence-corrected chi connectivity index (χ3v) is 5.69. The van der Waals surface area contributed by atoms with Crippen LogP contribution in [0.4, 0.5) is 18.0 Å². The number of para-hydroxylation sites is 1. The zero-order valence-electron chi connectivity index (χ0n) is 19.3. The minimum Gasteiger partial charge on any atom is -0.494 e. The summed E-state index contributed by atoms with van der Waals surface area (Å²) in [5, 5.41) is 0. The number of benzene rings is 2. The van der Waals surface area contributed by atoms with Gasteiger partial charge in [0.2, 0.25) is 0 Å². The molecule has 0 atom stereocenters. The number of hydrogen-bond acceptors (Lipinski definition) is 4. The van der Waals surface area contributed by atoms with Gasteiger partial charge in [-0.15, -0.1) is 0 Å². The van der Waals surface area contributed by atoms with Gasteiger partial charge < -0.3 is 14.4 Å². The molecule has 2 heterocycles. The number of carbonyl (C=O) groups excluding carboxylic acids is 1. The largest absolute Gasteiger partial charge is 0.494 e. The first kappa shape index (κ1) is 23.7. The Balaban J connectivity index is 1.74. The summed E-state index contributed by atoms with van der Waals surface area (Å²) in [5.74, 6) is 0.376. The van der Waals surface area contributed by atoms with E-state index < -0.39 is 29.1 Å². The predicted molar refractivity (Wildman–Crippen MR) is 120 cm³/mol. The van der Waals surface area contributed by atoms with E-state index in [9.17, 15) is 22.8 Å². The summed E-state index contributed by atoms with van der Waals surface area (Å²) < 4.78 is 54.4. The first-order chi connectivity index (χ1) is 15.9. The van der Waals surface area contributed by atoms with Gasteiger partial charge in [0.1, 0.15) is 16.9 Å². The quantitative estimate of drug-likeness (QED) is 0.548. The fourth-order valence-corrected chi connectivity index (χ4v) is 4.17. The second-order valence-electron chi connectivity index (χ2n) is 9.26. The Morgan fingerprint density at radius 2 is 1.74 bits per heavy atom. The van der Waals surface area contributed by atoms with Gasteiger partial charge in [0, 0.05) is 13.1 Å². The third kappa shape index (κ3) is 4.36. The van der Waals surface area contributed by atoms with Gasteiger partial charge in [0.15, 0.2) is 0 Å². The molecule has 0 bridgehead atoms. The summed E-state index contributed by atoms with van der Waals surface area (Å²) in [6.07, 6.45) is -5.03. The van der Waals surface area contributed by atoms with Crippen LogP contribution in [0.3, 0.4) is 0 Å². The van der Waals surface area contributed by atoms with E-state index >= 15 is 0 Å². The lowest BCUT2D eigenvalue weighted by Crippen LogP contribution is -2.54. The fourth-order valence-electron chi connectivity index (χ4n) is 4.17. The van der Waals surface area contributed by atoms with E-state index in [0.29, 0.717) is 16.8 Å². The summed E-state index contributed by atoms with van der Waals surface area (Å²) >= 11 is 0. The number of aromatic nitrogens is 2. The standard InChI is InChI=1S/C24H26F3N3O4/c1-23(2,3)34-22(32)28-13-16(14-28)30-18-10-7-11-19(33-4)20(18)29(21(30)31)12-15-8-5-6-9-17(15)24(25,26)27/h5-11,16H,12-14H2,1-4H3. The molecule has 4 rings (SSSR count). The second kappa shape index (κ2) is 8.41. The number of ether oxygens (including phenoxy) is 2. The first-order valence-corrected chi connectivity index (χ1v) is 10.8. The van der Waals surface area contributed by atoms with Crippen LogP contribution in [0.5, 0.6) is 5.75 Å². The van der Waals surface area contributed by atoms with Crippen LogP contribution in [0, 0.1) is 0 Å². The van der Waals surface area contributed by atoms with E-state index in [4.69, 9.17) is 9.47 Å². The normalized spacial score (nSPS) is 14.9. The summed E-state index contributed by atoms with van der Waals surface area (Å²) in [7, 11) is 1.44. The van der Waals surface area contributed by atoms with Gasteiger partial charge in [-0.1, -0.05) is 24.3 Å². The Bertz CT molecular complexity index is 1280. The van der Waals surface area contributed by atoms with Crippen LogP contribution >= 0.6 is 0 Å². The number of amides is 1. The molecular formula is C24H26F3N3O4. The lowest BCUT2D eigenvalue weighted by Gasteiger charge is -2.40. The summed E-state index contributed by atoms with van der Waals surface area (Å²) in [5.41, 5.74) is -0.993. The van der Waals surface area contributed by atoms with Crippen molar-refractivity contribution in [1.29, 1.82) is 0 Å². The van der Waals surface area contributed by atoms with Gasteiger partial charge in [0.25, 0.3) is 0 Å². The zero-order valence-corrected chi connectivity index (χ0v) is 19.3. The first-order valence-electron chi connectivity index (χ1n) is 10.8. The zero-order chi connectivity index (χ0) is 24.8. The number of methoxy groups -OCH3 is 1. The number of fused-ring (bicyclic) bond motifs is 1. The number of likely N-dealkylation sites (tertiary alicyclic amines) is 1. The maximum absolute atomic E-state index is 13.6. The Hall–Kier alpha value is -3.43. The molecule has 1 aromatic heterocycles. The number of imidazole rings is 1. The predicted octanol–water partition coefficient (Wildman–Crippen LogP) is 4.67. The van der Waals surface area contributed by atoms with Crippen LogP contribution in [0.1, 0.15) is 37.9 Å². The minimum atomic E-state index is -4.55. The molecule has 0 radical (unpaired) electrons. The molecule has 7 nitrogen and oxygen atoms in total. The SMILES string of the molecule is COc1cccc2c1n(Cc1ccccc1C(F)(F)F)c(=O)n2C1CN(C(=O)OC(C)(C)C)C1. The van der Waals surface area contributed by atoms with Gasteiger partial charge in [-0.25, -0.2) is 9.59 Å². The summed E-state index contributed by atoms with van der Waals surface area (Å²) in [4.78, 5) is 27.3. The van der Waals surface area contributed by atoms with Gasteiger partial charge >= 0.3 is 18.0 Å². The van der Waals surface area contributed by atoms with E-state index in [1.165, 1.54) is 39.3 Å². The van der Waals surface area contributed by atoms with Crippen LogP contribution in [0.2, 0.25) is 0 Å². The fraction of sp³-hybridized carbons (Fsp3) is 0.417.